The molecule has 0 fully saturated rings. The van der Waals surface area contributed by atoms with Gasteiger partial charge in [-0.1, -0.05) is 84.4 Å². The molecule has 0 unspecified atom stereocenters. The summed E-state index contributed by atoms with van der Waals surface area (Å²) in [6, 6.07) is 23.0. The molecule has 6 nitrogen and oxygen atoms in total. The summed E-state index contributed by atoms with van der Waals surface area (Å²) in [4.78, 5) is 24.3. The Bertz CT molecular complexity index is 1380. The minimum Gasteiger partial charge on any atom is -0.479 e. The molecule has 0 aliphatic rings. The Hall–Kier alpha value is -4.03. The summed E-state index contributed by atoms with van der Waals surface area (Å²) in [5.41, 5.74) is 3.74. The third-order valence-electron chi connectivity index (χ3n) is 5.87. The van der Waals surface area contributed by atoms with E-state index in [0.717, 1.165) is 27.6 Å². The molecule has 6 heteroatoms. The Kier molecular flexibility index (Phi) is 6.94. The van der Waals surface area contributed by atoms with Crippen LogP contribution in [0, 0.1) is 6.92 Å². The van der Waals surface area contributed by atoms with E-state index in [1.807, 2.05) is 96.6 Å². The number of aliphatic carboxylic acids is 1. The lowest BCUT2D eigenvalue weighted by molar-refractivity contribution is -0.162. The van der Waals surface area contributed by atoms with Gasteiger partial charge in [0.1, 0.15) is 5.69 Å². The average Bonchev–Trinajstić information content (AvgIpc) is 3.22. The fourth-order valence-corrected chi connectivity index (χ4v) is 3.62. The highest BCUT2D eigenvalue weighted by Gasteiger charge is 2.27. The fraction of sp³-hybridized carbons (Fsp3) is 0.207. The average molecular weight is 469 g/mol. The number of carboxylic acids is 1. The number of rotatable bonds is 9. The van der Waals surface area contributed by atoms with Gasteiger partial charge in [-0.2, -0.15) is 5.10 Å². The van der Waals surface area contributed by atoms with Crippen molar-refractivity contribution in [2.24, 2.45) is 0 Å². The van der Waals surface area contributed by atoms with Crippen molar-refractivity contribution >= 4 is 28.7 Å². The molecule has 4 aromatic rings. The molecule has 4 rings (SSSR count). The van der Waals surface area contributed by atoms with Crippen molar-refractivity contribution in [1.29, 1.82) is 0 Å². The van der Waals surface area contributed by atoms with E-state index in [9.17, 15) is 9.59 Å². The maximum absolute atomic E-state index is 13.1. The number of carboxylic acid groups (broad SMARTS) is 1. The summed E-state index contributed by atoms with van der Waals surface area (Å²) in [7, 11) is 0. The van der Waals surface area contributed by atoms with Crippen LogP contribution < -0.4 is 0 Å². The van der Waals surface area contributed by atoms with Gasteiger partial charge in [0.05, 0.1) is 18.7 Å². The third-order valence-corrected chi connectivity index (χ3v) is 5.87. The van der Waals surface area contributed by atoms with Crippen LogP contribution in [0.5, 0.6) is 0 Å². The number of aromatic nitrogens is 2. The minimum atomic E-state index is -1.23. The third kappa shape index (κ3) is 5.55. The van der Waals surface area contributed by atoms with Gasteiger partial charge in [0.2, 0.25) is 5.78 Å². The van der Waals surface area contributed by atoms with Gasteiger partial charge in [-0.15, -0.1) is 0 Å². The van der Waals surface area contributed by atoms with Crippen molar-refractivity contribution in [3.05, 3.63) is 107 Å². The number of para-hydroxylation sites is 1. The molecule has 0 amide bonds. The van der Waals surface area contributed by atoms with Gasteiger partial charge in [-0.05, 0) is 38.0 Å². The molecule has 35 heavy (non-hydrogen) atoms. The van der Waals surface area contributed by atoms with Crippen LogP contribution in [0.4, 0.5) is 0 Å². The number of fused-ring (bicyclic) bond motifs is 1. The number of allylic oxidation sites excluding steroid dienone is 1. The summed E-state index contributed by atoms with van der Waals surface area (Å²) in [6.07, 6.45) is 3.99. The molecule has 0 atom stereocenters. The van der Waals surface area contributed by atoms with Crippen LogP contribution in [0.1, 0.15) is 46.6 Å². The SMILES string of the molecule is Cc1ccc(C(=O)c2nn(CC=Cc3ccc(COC(C)(C)C(=O)O)cc3)c3ccccc23)cc1. The highest BCUT2D eigenvalue weighted by atomic mass is 16.5. The van der Waals surface area contributed by atoms with Gasteiger partial charge in [0.15, 0.2) is 5.60 Å². The van der Waals surface area contributed by atoms with Crippen LogP contribution in [0.15, 0.2) is 78.9 Å². The second-order valence-electron chi connectivity index (χ2n) is 8.99. The quantitative estimate of drug-likeness (QED) is 0.320. The molecule has 0 saturated carbocycles. The summed E-state index contributed by atoms with van der Waals surface area (Å²) in [5.74, 6) is -1.08. The lowest BCUT2D eigenvalue weighted by atomic mass is 10.0. The number of carbonyl (C=O) groups excluding carboxylic acids is 1. The summed E-state index contributed by atoms with van der Waals surface area (Å²) in [5, 5.41) is 14.6. The van der Waals surface area contributed by atoms with Gasteiger partial charge in [0, 0.05) is 10.9 Å². The smallest absolute Gasteiger partial charge is 0.335 e. The number of nitrogens with zero attached hydrogens (tertiary/aromatic N) is 2. The van der Waals surface area contributed by atoms with Crippen molar-refractivity contribution < 1.29 is 19.4 Å². The van der Waals surface area contributed by atoms with E-state index < -0.39 is 11.6 Å². The molecule has 0 aliphatic carbocycles. The van der Waals surface area contributed by atoms with Crippen molar-refractivity contribution in [3.63, 3.8) is 0 Å². The van der Waals surface area contributed by atoms with Crippen LogP contribution in [-0.4, -0.2) is 32.2 Å². The summed E-state index contributed by atoms with van der Waals surface area (Å²) < 4.78 is 7.34. The highest BCUT2D eigenvalue weighted by Crippen LogP contribution is 2.22. The van der Waals surface area contributed by atoms with Crippen molar-refractivity contribution in [2.45, 2.75) is 39.5 Å². The van der Waals surface area contributed by atoms with Gasteiger partial charge in [0.25, 0.3) is 0 Å². The van der Waals surface area contributed by atoms with Crippen LogP contribution in [0.25, 0.3) is 17.0 Å². The van der Waals surface area contributed by atoms with Gasteiger partial charge in [-0.3, -0.25) is 9.48 Å². The largest absolute Gasteiger partial charge is 0.479 e. The van der Waals surface area contributed by atoms with E-state index >= 15 is 0 Å². The Labute approximate surface area is 204 Å². The first-order valence-corrected chi connectivity index (χ1v) is 11.4. The zero-order chi connectivity index (χ0) is 25.0. The number of hydrogen-bond donors (Lipinski definition) is 1. The van der Waals surface area contributed by atoms with Crippen LogP contribution in [0.2, 0.25) is 0 Å². The van der Waals surface area contributed by atoms with E-state index in [0.29, 0.717) is 17.8 Å². The lowest BCUT2D eigenvalue weighted by Gasteiger charge is -2.20. The van der Waals surface area contributed by atoms with Gasteiger partial charge >= 0.3 is 5.97 Å². The summed E-state index contributed by atoms with van der Waals surface area (Å²) in [6.45, 7) is 5.79. The number of aryl methyl sites for hydroxylation is 1. The van der Waals surface area contributed by atoms with Crippen molar-refractivity contribution in [3.8, 4) is 0 Å². The molecule has 0 spiro atoms. The highest BCUT2D eigenvalue weighted by molar-refractivity contribution is 6.14. The van der Waals surface area contributed by atoms with Gasteiger partial charge in [-0.25, -0.2) is 4.79 Å². The maximum atomic E-state index is 13.1. The Morgan fingerprint density at radius 3 is 2.37 bits per heavy atom. The number of carbonyl (C=O) groups is 2. The van der Waals surface area contributed by atoms with E-state index in [-0.39, 0.29) is 12.4 Å². The van der Waals surface area contributed by atoms with Crippen molar-refractivity contribution in [1.82, 2.24) is 9.78 Å². The molecule has 1 aromatic heterocycles. The first-order chi connectivity index (χ1) is 16.7. The topological polar surface area (TPSA) is 81.4 Å². The number of benzene rings is 3. The second kappa shape index (κ2) is 10.1. The molecule has 1 heterocycles. The first kappa shape index (κ1) is 24.1. The Morgan fingerprint density at radius 2 is 1.69 bits per heavy atom. The number of ketones is 1. The number of hydrogen-bond acceptors (Lipinski definition) is 4. The van der Waals surface area contributed by atoms with Crippen LogP contribution in [-0.2, 0) is 22.7 Å². The predicted molar refractivity (Wildman–Crippen MR) is 136 cm³/mol. The molecule has 0 saturated heterocycles. The number of ether oxygens (including phenoxy) is 1. The maximum Gasteiger partial charge on any atom is 0.335 e. The van der Waals surface area contributed by atoms with Crippen LogP contribution in [0.3, 0.4) is 0 Å². The molecular weight excluding hydrogens is 440 g/mol. The Balaban J connectivity index is 1.47. The zero-order valence-electron chi connectivity index (χ0n) is 20.1. The normalized spacial score (nSPS) is 11.9. The molecule has 178 valence electrons. The van der Waals surface area contributed by atoms with E-state index in [2.05, 4.69) is 5.10 Å². The molecular formula is C29H28N2O4. The molecule has 3 aromatic carbocycles. The summed E-state index contributed by atoms with van der Waals surface area (Å²) >= 11 is 0. The Morgan fingerprint density at radius 1 is 1.00 bits per heavy atom. The zero-order valence-corrected chi connectivity index (χ0v) is 20.1. The van der Waals surface area contributed by atoms with E-state index in [1.54, 1.807) is 0 Å². The standard InChI is InChI=1S/C29H28N2O4/c1-20-10-16-23(17-11-20)27(32)26-24-8-4-5-9-25(24)31(30-26)18-6-7-21-12-14-22(15-13-21)19-35-29(2,3)28(33)34/h4-17H,18-19H2,1-3H3,(H,33,34). The lowest BCUT2D eigenvalue weighted by Crippen LogP contribution is -2.34. The predicted octanol–water partition coefficient (Wildman–Crippen LogP) is 5.67. The monoisotopic (exact) mass is 468 g/mol. The van der Waals surface area contributed by atoms with E-state index in [4.69, 9.17) is 9.84 Å². The fourth-order valence-electron chi connectivity index (χ4n) is 3.62. The minimum absolute atomic E-state index is 0.0900. The molecule has 0 bridgehead atoms. The molecule has 0 radical (unpaired) electrons. The molecule has 0 aliphatic heterocycles. The second-order valence-corrected chi connectivity index (χ2v) is 8.99. The van der Waals surface area contributed by atoms with Crippen molar-refractivity contribution in [2.75, 3.05) is 0 Å². The van der Waals surface area contributed by atoms with E-state index in [1.165, 1.54) is 13.8 Å². The first-order valence-electron chi connectivity index (χ1n) is 11.4. The molecule has 1 N–H and O–H groups in total. The van der Waals surface area contributed by atoms with Crippen LogP contribution >= 0.6 is 0 Å². The van der Waals surface area contributed by atoms with Gasteiger partial charge < -0.3 is 9.84 Å².